The highest BCUT2D eigenvalue weighted by atomic mass is 32.2. The summed E-state index contributed by atoms with van der Waals surface area (Å²) in [7, 11) is 0. The van der Waals surface area contributed by atoms with Crippen molar-refractivity contribution >= 4 is 17.7 Å². The third-order valence-corrected chi connectivity index (χ3v) is 3.94. The van der Waals surface area contributed by atoms with Gasteiger partial charge < -0.3 is 10.4 Å². The standard InChI is InChI=1S/C15H19N3O2S/c1-15(20,10-21-2)9-16-14(19)12-8-17-18-13(12)11-6-4-3-5-7-11/h3-8,20H,9-10H2,1-2H3,(H,16,19)(H,17,18)/t15-/m1/s1. The molecule has 0 aliphatic rings. The molecule has 0 spiro atoms. The maximum atomic E-state index is 12.3. The third-order valence-electron chi connectivity index (χ3n) is 3.03. The predicted molar refractivity (Wildman–Crippen MR) is 85.4 cm³/mol. The summed E-state index contributed by atoms with van der Waals surface area (Å²) in [5.74, 6) is 0.313. The van der Waals surface area contributed by atoms with Crippen LogP contribution in [-0.4, -0.2) is 45.4 Å². The largest absolute Gasteiger partial charge is 0.387 e. The normalized spacial score (nSPS) is 13.7. The van der Waals surface area contributed by atoms with Gasteiger partial charge >= 0.3 is 0 Å². The number of aliphatic hydroxyl groups is 1. The van der Waals surface area contributed by atoms with Gasteiger partial charge in [0.1, 0.15) is 0 Å². The number of nitrogens with one attached hydrogen (secondary N) is 2. The molecule has 3 N–H and O–H groups in total. The van der Waals surface area contributed by atoms with Crippen LogP contribution in [0, 0.1) is 0 Å². The van der Waals surface area contributed by atoms with E-state index < -0.39 is 5.60 Å². The Labute approximate surface area is 128 Å². The van der Waals surface area contributed by atoms with E-state index in [1.165, 1.54) is 18.0 Å². The zero-order valence-electron chi connectivity index (χ0n) is 12.1. The monoisotopic (exact) mass is 305 g/mol. The Kier molecular flexibility index (Phi) is 5.03. The molecule has 0 radical (unpaired) electrons. The molecule has 0 bridgehead atoms. The highest BCUT2D eigenvalue weighted by Gasteiger charge is 2.22. The van der Waals surface area contributed by atoms with E-state index in [9.17, 15) is 9.90 Å². The van der Waals surface area contributed by atoms with Crippen LogP contribution in [0.2, 0.25) is 0 Å². The fraction of sp³-hybridized carbons (Fsp3) is 0.333. The second-order valence-corrected chi connectivity index (χ2v) is 6.00. The van der Waals surface area contributed by atoms with Gasteiger partial charge in [-0.25, -0.2) is 0 Å². The average Bonchev–Trinajstić information content (AvgIpc) is 2.95. The van der Waals surface area contributed by atoms with Crippen molar-refractivity contribution in [2.75, 3.05) is 18.6 Å². The Bertz CT molecular complexity index is 596. The lowest BCUT2D eigenvalue weighted by Crippen LogP contribution is -2.42. The number of aromatic amines is 1. The second kappa shape index (κ2) is 6.78. The summed E-state index contributed by atoms with van der Waals surface area (Å²) in [5.41, 5.74) is 1.13. The summed E-state index contributed by atoms with van der Waals surface area (Å²) in [6.07, 6.45) is 3.42. The van der Waals surface area contributed by atoms with E-state index in [0.717, 1.165) is 5.56 Å². The van der Waals surface area contributed by atoms with Crippen molar-refractivity contribution in [2.45, 2.75) is 12.5 Å². The molecular weight excluding hydrogens is 286 g/mol. The molecule has 0 aliphatic carbocycles. The number of hydrogen-bond acceptors (Lipinski definition) is 4. The minimum atomic E-state index is -0.925. The Morgan fingerprint density at radius 2 is 2.14 bits per heavy atom. The molecule has 2 aromatic rings. The number of hydrogen-bond donors (Lipinski definition) is 3. The first-order valence-electron chi connectivity index (χ1n) is 6.62. The first-order chi connectivity index (χ1) is 10.0. The van der Waals surface area contributed by atoms with E-state index in [2.05, 4.69) is 15.5 Å². The summed E-state index contributed by atoms with van der Waals surface area (Å²) in [5, 5.41) is 19.6. The van der Waals surface area contributed by atoms with Crippen LogP contribution in [-0.2, 0) is 0 Å². The van der Waals surface area contributed by atoms with Gasteiger partial charge in [-0.05, 0) is 13.2 Å². The number of carbonyl (C=O) groups excluding carboxylic acids is 1. The van der Waals surface area contributed by atoms with Crippen LogP contribution in [0.4, 0.5) is 0 Å². The number of rotatable bonds is 6. The van der Waals surface area contributed by atoms with Crippen LogP contribution in [0.5, 0.6) is 0 Å². The lowest BCUT2D eigenvalue weighted by molar-refractivity contribution is 0.0725. The summed E-state index contributed by atoms with van der Waals surface area (Å²) in [6.45, 7) is 1.91. The van der Waals surface area contributed by atoms with Gasteiger partial charge in [0.15, 0.2) is 0 Å². The fourth-order valence-corrected chi connectivity index (χ4v) is 2.74. The van der Waals surface area contributed by atoms with E-state index in [1.54, 1.807) is 6.92 Å². The predicted octanol–water partition coefficient (Wildman–Crippen LogP) is 1.92. The highest BCUT2D eigenvalue weighted by Crippen LogP contribution is 2.20. The summed E-state index contributed by atoms with van der Waals surface area (Å²) in [6, 6.07) is 9.55. The molecule has 1 aromatic carbocycles. The molecule has 0 unspecified atom stereocenters. The van der Waals surface area contributed by atoms with Gasteiger partial charge in [0, 0.05) is 17.9 Å². The van der Waals surface area contributed by atoms with E-state index in [4.69, 9.17) is 0 Å². The van der Waals surface area contributed by atoms with Crippen molar-refractivity contribution in [1.82, 2.24) is 15.5 Å². The molecule has 0 fully saturated rings. The number of H-pyrrole nitrogens is 1. The van der Waals surface area contributed by atoms with Crippen LogP contribution in [0.25, 0.3) is 11.3 Å². The maximum Gasteiger partial charge on any atom is 0.255 e. The Morgan fingerprint density at radius 1 is 1.43 bits per heavy atom. The van der Waals surface area contributed by atoms with E-state index in [1.807, 2.05) is 36.6 Å². The third kappa shape index (κ3) is 4.09. The van der Waals surface area contributed by atoms with Gasteiger partial charge in [0.05, 0.1) is 23.1 Å². The van der Waals surface area contributed by atoms with Crippen LogP contribution >= 0.6 is 11.8 Å². The van der Waals surface area contributed by atoms with Gasteiger partial charge in [-0.15, -0.1) is 0 Å². The molecule has 2 rings (SSSR count). The van der Waals surface area contributed by atoms with Crippen molar-refractivity contribution in [3.05, 3.63) is 42.1 Å². The zero-order chi connectivity index (χ0) is 15.3. The Hall–Kier alpha value is -1.79. The molecule has 1 amide bonds. The summed E-state index contributed by atoms with van der Waals surface area (Å²) >= 11 is 1.54. The van der Waals surface area contributed by atoms with Gasteiger partial charge in [-0.1, -0.05) is 30.3 Å². The van der Waals surface area contributed by atoms with Gasteiger partial charge in [0.2, 0.25) is 0 Å². The van der Waals surface area contributed by atoms with Crippen molar-refractivity contribution < 1.29 is 9.90 Å². The molecule has 1 atom stereocenters. The lowest BCUT2D eigenvalue weighted by atomic mass is 10.1. The molecule has 112 valence electrons. The summed E-state index contributed by atoms with van der Waals surface area (Å²) in [4.78, 5) is 12.3. The SMILES string of the molecule is CSC[C@](C)(O)CNC(=O)c1cn[nH]c1-c1ccccc1. The van der Waals surface area contributed by atoms with Gasteiger partial charge in [-0.3, -0.25) is 9.89 Å². The smallest absolute Gasteiger partial charge is 0.255 e. The highest BCUT2D eigenvalue weighted by molar-refractivity contribution is 7.98. The first kappa shape index (κ1) is 15.6. The molecule has 0 aliphatic heterocycles. The molecule has 5 nitrogen and oxygen atoms in total. The van der Waals surface area contributed by atoms with Gasteiger partial charge in [0.25, 0.3) is 5.91 Å². The fourth-order valence-electron chi connectivity index (χ4n) is 2.01. The van der Waals surface area contributed by atoms with E-state index >= 15 is 0 Å². The molecule has 6 heteroatoms. The second-order valence-electron chi connectivity index (χ2n) is 5.14. The van der Waals surface area contributed by atoms with Crippen molar-refractivity contribution in [3.8, 4) is 11.3 Å². The zero-order valence-corrected chi connectivity index (χ0v) is 12.9. The van der Waals surface area contributed by atoms with E-state index in [-0.39, 0.29) is 12.5 Å². The van der Waals surface area contributed by atoms with Crippen LogP contribution in [0.3, 0.4) is 0 Å². The minimum Gasteiger partial charge on any atom is -0.387 e. The quantitative estimate of drug-likeness (QED) is 0.762. The molecule has 21 heavy (non-hydrogen) atoms. The van der Waals surface area contributed by atoms with Gasteiger partial charge in [-0.2, -0.15) is 16.9 Å². The number of amides is 1. The number of nitrogens with zero attached hydrogens (tertiary/aromatic N) is 1. The molecule has 1 heterocycles. The number of carbonyl (C=O) groups is 1. The number of benzene rings is 1. The van der Waals surface area contributed by atoms with Crippen molar-refractivity contribution in [3.63, 3.8) is 0 Å². The summed E-state index contributed by atoms with van der Waals surface area (Å²) < 4.78 is 0. The van der Waals surface area contributed by atoms with Crippen molar-refractivity contribution in [2.24, 2.45) is 0 Å². The first-order valence-corrected chi connectivity index (χ1v) is 8.01. The molecule has 0 saturated heterocycles. The topological polar surface area (TPSA) is 78.0 Å². The molecule has 0 saturated carbocycles. The maximum absolute atomic E-state index is 12.3. The van der Waals surface area contributed by atoms with Crippen LogP contribution in [0.1, 0.15) is 17.3 Å². The Balaban J connectivity index is 2.10. The minimum absolute atomic E-state index is 0.200. The van der Waals surface area contributed by atoms with Crippen LogP contribution < -0.4 is 5.32 Å². The molecular formula is C15H19N3O2S. The van der Waals surface area contributed by atoms with Crippen LogP contribution in [0.15, 0.2) is 36.5 Å². The molecule has 1 aromatic heterocycles. The average molecular weight is 305 g/mol. The number of aromatic nitrogens is 2. The Morgan fingerprint density at radius 3 is 2.81 bits per heavy atom. The number of thioether (sulfide) groups is 1. The van der Waals surface area contributed by atoms with Crippen molar-refractivity contribution in [1.29, 1.82) is 0 Å². The lowest BCUT2D eigenvalue weighted by Gasteiger charge is -2.22. The van der Waals surface area contributed by atoms with E-state index in [0.29, 0.717) is 17.0 Å².